The van der Waals surface area contributed by atoms with Gasteiger partial charge in [-0.1, -0.05) is 0 Å². The molecule has 1 saturated heterocycles. The molecule has 0 N–H and O–H groups in total. The summed E-state index contributed by atoms with van der Waals surface area (Å²) < 4.78 is 23.4. The lowest BCUT2D eigenvalue weighted by atomic mass is 10.1. The van der Waals surface area contributed by atoms with E-state index in [-0.39, 0.29) is 29.7 Å². The SMILES string of the molecule is O=C(C1=NN(C2CCS(=O)(=O)C2)C(=O)CC1)N1CCc2sccc2C1. The fraction of sp³-hybridized carbons (Fsp3) is 0.562. The summed E-state index contributed by atoms with van der Waals surface area (Å²) >= 11 is 1.71. The topological polar surface area (TPSA) is 87.1 Å². The fourth-order valence-corrected chi connectivity index (χ4v) is 6.16. The van der Waals surface area contributed by atoms with E-state index in [1.165, 1.54) is 15.4 Å². The number of amides is 2. The number of thiophene rings is 1. The lowest BCUT2D eigenvalue weighted by molar-refractivity contribution is -0.134. The Bertz CT molecular complexity index is 858. The van der Waals surface area contributed by atoms with Crippen molar-refractivity contribution < 1.29 is 18.0 Å². The van der Waals surface area contributed by atoms with E-state index in [0.29, 0.717) is 31.6 Å². The second kappa shape index (κ2) is 6.21. The summed E-state index contributed by atoms with van der Waals surface area (Å²) in [5.41, 5.74) is 1.54. The number of carbonyl (C=O) groups excluding carboxylic acids is 2. The van der Waals surface area contributed by atoms with Gasteiger partial charge in [0.15, 0.2) is 9.84 Å². The highest BCUT2D eigenvalue weighted by Gasteiger charge is 2.38. The molecule has 4 rings (SSSR count). The number of rotatable bonds is 2. The molecule has 0 saturated carbocycles. The zero-order chi connectivity index (χ0) is 17.6. The molecule has 1 atom stereocenters. The van der Waals surface area contributed by atoms with Gasteiger partial charge in [-0.3, -0.25) is 9.59 Å². The molecule has 1 aromatic rings. The van der Waals surface area contributed by atoms with Crippen LogP contribution in [0.1, 0.15) is 29.7 Å². The van der Waals surface area contributed by atoms with Crippen molar-refractivity contribution in [2.75, 3.05) is 18.1 Å². The highest BCUT2D eigenvalue weighted by atomic mass is 32.2. The Labute approximate surface area is 150 Å². The van der Waals surface area contributed by atoms with Crippen molar-refractivity contribution in [3.05, 3.63) is 21.9 Å². The molecule has 134 valence electrons. The van der Waals surface area contributed by atoms with E-state index < -0.39 is 15.9 Å². The van der Waals surface area contributed by atoms with Crippen LogP contribution < -0.4 is 0 Å². The van der Waals surface area contributed by atoms with Gasteiger partial charge in [-0.05, 0) is 29.9 Å². The zero-order valence-corrected chi connectivity index (χ0v) is 15.3. The molecule has 2 amide bonds. The molecular weight excluding hydrogens is 362 g/mol. The van der Waals surface area contributed by atoms with E-state index >= 15 is 0 Å². The van der Waals surface area contributed by atoms with Gasteiger partial charge >= 0.3 is 0 Å². The van der Waals surface area contributed by atoms with E-state index in [2.05, 4.69) is 5.10 Å². The van der Waals surface area contributed by atoms with Crippen LogP contribution in [0.15, 0.2) is 16.5 Å². The largest absolute Gasteiger partial charge is 0.333 e. The summed E-state index contributed by atoms with van der Waals surface area (Å²) in [4.78, 5) is 28.1. The summed E-state index contributed by atoms with van der Waals surface area (Å²) in [5.74, 6) is -0.327. The van der Waals surface area contributed by atoms with Crippen LogP contribution in [0.3, 0.4) is 0 Å². The van der Waals surface area contributed by atoms with E-state index in [4.69, 9.17) is 0 Å². The monoisotopic (exact) mass is 381 g/mol. The first-order valence-electron chi connectivity index (χ1n) is 8.37. The van der Waals surface area contributed by atoms with E-state index in [1.54, 1.807) is 16.2 Å². The maximum absolute atomic E-state index is 12.8. The number of hydrogen-bond donors (Lipinski definition) is 0. The third kappa shape index (κ3) is 3.22. The smallest absolute Gasteiger partial charge is 0.270 e. The van der Waals surface area contributed by atoms with Crippen molar-refractivity contribution in [2.24, 2.45) is 5.10 Å². The van der Waals surface area contributed by atoms with Gasteiger partial charge in [0.2, 0.25) is 5.91 Å². The predicted octanol–water partition coefficient (Wildman–Crippen LogP) is 0.798. The Balaban J connectivity index is 1.52. The fourth-order valence-electron chi connectivity index (χ4n) is 3.58. The van der Waals surface area contributed by atoms with E-state index in [9.17, 15) is 18.0 Å². The molecule has 25 heavy (non-hydrogen) atoms. The molecule has 0 radical (unpaired) electrons. The van der Waals surface area contributed by atoms with Gasteiger partial charge in [-0.15, -0.1) is 11.3 Å². The Hall–Kier alpha value is -1.74. The Morgan fingerprint density at radius 1 is 1.28 bits per heavy atom. The van der Waals surface area contributed by atoms with Crippen molar-refractivity contribution in [3.8, 4) is 0 Å². The maximum Gasteiger partial charge on any atom is 0.270 e. The first kappa shape index (κ1) is 16.7. The summed E-state index contributed by atoms with van der Waals surface area (Å²) in [5, 5.41) is 7.57. The number of hydrazone groups is 1. The van der Waals surface area contributed by atoms with Gasteiger partial charge in [-0.25, -0.2) is 13.4 Å². The molecule has 3 aliphatic rings. The quantitative estimate of drug-likeness (QED) is 0.758. The molecule has 0 aromatic carbocycles. The molecule has 3 aliphatic heterocycles. The van der Waals surface area contributed by atoms with Crippen LogP contribution in [0.2, 0.25) is 0 Å². The van der Waals surface area contributed by atoms with Crippen molar-refractivity contribution in [3.63, 3.8) is 0 Å². The minimum Gasteiger partial charge on any atom is -0.333 e. The standard InChI is InChI=1S/C16H19N3O4S2/c20-15-2-1-13(17-19(15)12-5-8-25(22,23)10-12)16(21)18-6-3-14-11(9-18)4-7-24-14/h4,7,12H,1-3,5-6,8-10H2. The zero-order valence-electron chi connectivity index (χ0n) is 13.7. The van der Waals surface area contributed by atoms with Crippen LogP contribution in [0, 0.1) is 0 Å². The average molecular weight is 381 g/mol. The molecule has 0 spiro atoms. The number of nitrogens with zero attached hydrogens (tertiary/aromatic N) is 3. The van der Waals surface area contributed by atoms with E-state index in [1.807, 2.05) is 11.4 Å². The third-order valence-electron chi connectivity index (χ3n) is 4.96. The lowest BCUT2D eigenvalue weighted by Gasteiger charge is -2.31. The summed E-state index contributed by atoms with van der Waals surface area (Å²) in [6, 6.07) is 1.60. The van der Waals surface area contributed by atoms with Crippen LogP contribution in [0.25, 0.3) is 0 Å². The van der Waals surface area contributed by atoms with Crippen LogP contribution in [-0.2, 0) is 32.4 Å². The molecule has 0 bridgehead atoms. The Kier molecular flexibility index (Phi) is 4.15. The van der Waals surface area contributed by atoms with Gasteiger partial charge in [0.05, 0.1) is 17.5 Å². The second-order valence-corrected chi connectivity index (χ2v) is 9.92. The Morgan fingerprint density at radius 2 is 2.12 bits per heavy atom. The average Bonchev–Trinajstić information content (AvgIpc) is 3.19. The van der Waals surface area contributed by atoms with Crippen LogP contribution in [-0.4, -0.2) is 59.9 Å². The number of hydrogen-bond acceptors (Lipinski definition) is 6. The minimum absolute atomic E-state index is 0.0638. The van der Waals surface area contributed by atoms with Crippen LogP contribution in [0.4, 0.5) is 0 Å². The Morgan fingerprint density at radius 3 is 2.88 bits per heavy atom. The minimum atomic E-state index is -3.11. The maximum atomic E-state index is 12.8. The normalized spacial score (nSPS) is 25.7. The van der Waals surface area contributed by atoms with Gasteiger partial charge in [-0.2, -0.15) is 5.10 Å². The number of carbonyl (C=O) groups is 2. The molecule has 9 heteroatoms. The van der Waals surface area contributed by atoms with E-state index in [0.717, 1.165) is 6.42 Å². The molecule has 1 unspecified atom stereocenters. The van der Waals surface area contributed by atoms with Crippen molar-refractivity contribution in [1.82, 2.24) is 9.91 Å². The van der Waals surface area contributed by atoms with Gasteiger partial charge in [0, 0.05) is 30.8 Å². The van der Waals surface area contributed by atoms with Crippen LogP contribution in [0.5, 0.6) is 0 Å². The highest BCUT2D eigenvalue weighted by Crippen LogP contribution is 2.26. The van der Waals surface area contributed by atoms with Crippen molar-refractivity contribution in [1.29, 1.82) is 0 Å². The molecule has 1 aromatic heterocycles. The summed E-state index contributed by atoms with van der Waals surface area (Å²) in [7, 11) is -3.11. The molecule has 7 nitrogen and oxygen atoms in total. The first-order chi connectivity index (χ1) is 11.9. The van der Waals surface area contributed by atoms with Crippen LogP contribution >= 0.6 is 11.3 Å². The van der Waals surface area contributed by atoms with Crippen molar-refractivity contribution in [2.45, 2.75) is 38.3 Å². The second-order valence-electron chi connectivity index (χ2n) is 6.69. The number of sulfone groups is 1. The predicted molar refractivity (Wildman–Crippen MR) is 94.0 cm³/mol. The molecule has 0 aliphatic carbocycles. The molecule has 1 fully saturated rings. The summed E-state index contributed by atoms with van der Waals surface area (Å²) in [6.45, 7) is 1.22. The molecular formula is C16H19N3O4S2. The van der Waals surface area contributed by atoms with Gasteiger partial charge in [0.1, 0.15) is 5.71 Å². The van der Waals surface area contributed by atoms with Crippen molar-refractivity contribution >= 4 is 38.7 Å². The van der Waals surface area contributed by atoms with Gasteiger partial charge < -0.3 is 4.90 Å². The summed E-state index contributed by atoms with van der Waals surface area (Å²) in [6.07, 6.45) is 1.76. The highest BCUT2D eigenvalue weighted by molar-refractivity contribution is 7.91. The first-order valence-corrected chi connectivity index (χ1v) is 11.1. The number of fused-ring (bicyclic) bond motifs is 1. The molecule has 4 heterocycles. The van der Waals surface area contributed by atoms with Gasteiger partial charge in [0.25, 0.3) is 5.91 Å². The lowest BCUT2D eigenvalue weighted by Crippen LogP contribution is -2.46. The third-order valence-corrected chi connectivity index (χ3v) is 7.73.